The molecule has 0 saturated heterocycles. The van der Waals surface area contributed by atoms with Gasteiger partial charge in [0, 0.05) is 27.1 Å². The van der Waals surface area contributed by atoms with Gasteiger partial charge >= 0.3 is 6.18 Å². The van der Waals surface area contributed by atoms with Crippen LogP contribution in [-0.4, -0.2) is 9.13 Å². The fourth-order valence-electron chi connectivity index (χ4n) is 8.59. The predicted molar refractivity (Wildman–Crippen MR) is 235 cm³/mol. The summed E-state index contributed by atoms with van der Waals surface area (Å²) in [5.41, 5.74) is 10.7. The van der Waals surface area contributed by atoms with Gasteiger partial charge < -0.3 is 9.13 Å². The van der Waals surface area contributed by atoms with Crippen LogP contribution in [0.1, 0.15) is 27.8 Å². The fraction of sp³-hybridized carbons (Fsp3) is 0.0566. The molecule has 2 aromatic heterocycles. The molecule has 0 spiro atoms. The maximum Gasteiger partial charge on any atom is 0.416 e. The van der Waals surface area contributed by atoms with Gasteiger partial charge in [0.1, 0.15) is 0 Å². The van der Waals surface area contributed by atoms with Gasteiger partial charge in [-0.15, -0.1) is 0 Å². The number of fused-ring (bicyclic) bond motifs is 6. The van der Waals surface area contributed by atoms with Gasteiger partial charge in [-0.2, -0.15) is 23.7 Å². The number of nitriles is 2. The van der Waals surface area contributed by atoms with Gasteiger partial charge in [0.15, 0.2) is 0 Å². The van der Waals surface area contributed by atoms with Crippen LogP contribution in [0.3, 0.4) is 0 Å². The highest BCUT2D eigenvalue weighted by atomic mass is 19.4. The zero-order chi connectivity index (χ0) is 41.3. The van der Waals surface area contributed by atoms with Crippen molar-refractivity contribution in [2.45, 2.75) is 20.0 Å². The molecule has 60 heavy (non-hydrogen) atoms. The Morgan fingerprint density at radius 2 is 0.900 bits per heavy atom. The maximum atomic E-state index is 14.4. The first-order chi connectivity index (χ1) is 29.1. The Labute approximate surface area is 343 Å². The summed E-state index contributed by atoms with van der Waals surface area (Å²) in [6, 6.07) is 56.9. The van der Waals surface area contributed by atoms with E-state index in [1.54, 1.807) is 6.07 Å². The Hall–Kier alpha value is -7.87. The molecule has 0 aliphatic heterocycles. The van der Waals surface area contributed by atoms with Gasteiger partial charge in [0.25, 0.3) is 0 Å². The Morgan fingerprint density at radius 1 is 0.433 bits per heavy atom. The minimum atomic E-state index is -4.71. The van der Waals surface area contributed by atoms with E-state index in [-0.39, 0.29) is 22.3 Å². The van der Waals surface area contributed by atoms with Gasteiger partial charge in [-0.05, 0) is 96.3 Å². The molecule has 0 radical (unpaired) electrons. The highest BCUT2D eigenvalue weighted by Crippen LogP contribution is 2.43. The van der Waals surface area contributed by atoms with Crippen LogP contribution < -0.4 is 0 Å². The average Bonchev–Trinajstić information content (AvgIpc) is 3.78. The highest BCUT2D eigenvalue weighted by molar-refractivity contribution is 6.13. The lowest BCUT2D eigenvalue weighted by Crippen LogP contribution is -2.07. The zero-order valence-electron chi connectivity index (χ0n) is 32.5. The molecule has 4 nitrogen and oxygen atoms in total. The van der Waals surface area contributed by atoms with Crippen LogP contribution in [0.2, 0.25) is 0 Å². The van der Waals surface area contributed by atoms with Crippen molar-refractivity contribution in [3.05, 3.63) is 192 Å². The summed E-state index contributed by atoms with van der Waals surface area (Å²) in [5.74, 6) is 0. The number of nitrogens with zero attached hydrogens (tertiary/aromatic N) is 4. The topological polar surface area (TPSA) is 57.4 Å². The number of benzene rings is 8. The van der Waals surface area contributed by atoms with Crippen molar-refractivity contribution >= 4 is 43.6 Å². The first-order valence-electron chi connectivity index (χ1n) is 19.5. The van der Waals surface area contributed by atoms with Crippen molar-refractivity contribution < 1.29 is 13.2 Å². The van der Waals surface area contributed by atoms with E-state index in [2.05, 4.69) is 132 Å². The number of halogens is 3. The van der Waals surface area contributed by atoms with Crippen LogP contribution >= 0.6 is 0 Å². The van der Waals surface area contributed by atoms with Crippen LogP contribution in [0.15, 0.2) is 164 Å². The number of hydrogen-bond acceptors (Lipinski definition) is 2. The average molecular weight is 783 g/mol. The molecule has 7 heteroatoms. The SMILES string of the molecule is Cc1ccc(-c2ccc3c4ccccc4n(-c4cc(C#N)c(-c5cc(C#N)cc(C(F)(F)F)c5)cc4-n4c5ccccc5c5ccc(-c6ccc(C)cc6)cc54)c3c2)cc1. The molecule has 0 unspecified atom stereocenters. The molecule has 0 N–H and O–H groups in total. The minimum Gasteiger partial charge on any atom is -0.307 e. The summed E-state index contributed by atoms with van der Waals surface area (Å²) in [6.07, 6.45) is -4.71. The quantitative estimate of drug-likeness (QED) is 0.175. The lowest BCUT2D eigenvalue weighted by Gasteiger charge is -2.20. The monoisotopic (exact) mass is 782 g/mol. The smallest absolute Gasteiger partial charge is 0.307 e. The summed E-state index contributed by atoms with van der Waals surface area (Å²) >= 11 is 0. The van der Waals surface area contributed by atoms with E-state index >= 15 is 0 Å². The molecule has 286 valence electrons. The van der Waals surface area contributed by atoms with Gasteiger partial charge in [-0.1, -0.05) is 120 Å². The second-order valence-electron chi connectivity index (χ2n) is 15.3. The van der Waals surface area contributed by atoms with E-state index in [0.29, 0.717) is 11.4 Å². The summed E-state index contributed by atoms with van der Waals surface area (Å²) < 4.78 is 47.4. The normalized spacial score (nSPS) is 11.7. The summed E-state index contributed by atoms with van der Waals surface area (Å²) in [4.78, 5) is 0. The molecule has 2 heterocycles. The predicted octanol–water partition coefficient (Wildman–Crippen LogP) is 14.3. The van der Waals surface area contributed by atoms with E-state index in [9.17, 15) is 23.7 Å². The van der Waals surface area contributed by atoms with Crippen molar-refractivity contribution in [2.24, 2.45) is 0 Å². The number of alkyl halides is 3. The standard InChI is InChI=1S/C53H33F3N4/c1-32-11-15-35(16-12-32)37-19-21-44-42-7-3-5-9-47(42)59(49(44)26-37)51-28-40(31-58)46(39-23-34(30-57)24-41(25-39)53(54,55)56)29-52(51)60-48-10-6-4-8-43(48)45-22-20-38(27-50(45)60)36-17-13-33(2)14-18-36/h3-29H,1-2H3. The summed E-state index contributed by atoms with van der Waals surface area (Å²) in [5, 5.41) is 24.8. The Bertz CT molecular complexity index is 3450. The number of para-hydroxylation sites is 2. The second-order valence-corrected chi connectivity index (χ2v) is 15.3. The molecule has 0 aliphatic carbocycles. The molecule has 0 bridgehead atoms. The molecule has 0 atom stereocenters. The van der Waals surface area contributed by atoms with Crippen molar-refractivity contribution in [3.63, 3.8) is 0 Å². The Kier molecular flexibility index (Phi) is 8.45. The Balaban J connectivity index is 1.36. The van der Waals surface area contributed by atoms with E-state index in [1.165, 1.54) is 6.07 Å². The first-order valence-corrected chi connectivity index (χ1v) is 19.5. The van der Waals surface area contributed by atoms with E-state index in [0.717, 1.165) is 89.1 Å². The maximum absolute atomic E-state index is 14.4. The number of aromatic nitrogens is 2. The molecule has 10 rings (SSSR count). The van der Waals surface area contributed by atoms with Crippen LogP contribution in [0.25, 0.3) is 88.4 Å². The Morgan fingerprint density at radius 3 is 1.38 bits per heavy atom. The lowest BCUT2D eigenvalue weighted by atomic mass is 9.94. The summed E-state index contributed by atoms with van der Waals surface area (Å²) in [7, 11) is 0. The number of aryl methyl sites for hydroxylation is 2. The van der Waals surface area contributed by atoms with Gasteiger partial charge in [-0.25, -0.2) is 0 Å². The van der Waals surface area contributed by atoms with Gasteiger partial charge in [0.05, 0.1) is 62.3 Å². The first kappa shape index (κ1) is 36.5. The summed E-state index contributed by atoms with van der Waals surface area (Å²) in [6.45, 7) is 4.11. The molecular formula is C53H33F3N4. The van der Waals surface area contributed by atoms with Crippen LogP contribution in [0, 0.1) is 36.5 Å². The third kappa shape index (κ3) is 5.99. The van der Waals surface area contributed by atoms with Crippen molar-refractivity contribution in [3.8, 4) is 56.9 Å². The van der Waals surface area contributed by atoms with Crippen molar-refractivity contribution in [1.82, 2.24) is 9.13 Å². The van der Waals surface area contributed by atoms with Crippen LogP contribution in [0.5, 0.6) is 0 Å². The largest absolute Gasteiger partial charge is 0.416 e. The molecular weight excluding hydrogens is 750 g/mol. The molecule has 0 aliphatic rings. The molecule has 0 saturated carbocycles. The van der Waals surface area contributed by atoms with E-state index in [4.69, 9.17) is 0 Å². The van der Waals surface area contributed by atoms with E-state index < -0.39 is 11.7 Å². The molecule has 0 fully saturated rings. The zero-order valence-corrected chi connectivity index (χ0v) is 32.5. The van der Waals surface area contributed by atoms with Gasteiger partial charge in [-0.3, -0.25) is 0 Å². The number of rotatable bonds is 5. The van der Waals surface area contributed by atoms with Crippen LogP contribution in [0.4, 0.5) is 13.2 Å². The fourth-order valence-corrected chi connectivity index (χ4v) is 8.59. The third-order valence-corrected chi connectivity index (χ3v) is 11.5. The minimum absolute atomic E-state index is 0.121. The van der Waals surface area contributed by atoms with E-state index in [1.807, 2.05) is 42.5 Å². The lowest BCUT2D eigenvalue weighted by molar-refractivity contribution is -0.137. The number of hydrogen-bond donors (Lipinski definition) is 0. The molecule has 10 aromatic rings. The van der Waals surface area contributed by atoms with Gasteiger partial charge in [0.2, 0.25) is 0 Å². The third-order valence-electron chi connectivity index (χ3n) is 11.5. The van der Waals surface area contributed by atoms with Crippen LogP contribution in [-0.2, 0) is 6.18 Å². The second kappa shape index (κ2) is 13.9. The van der Waals surface area contributed by atoms with Crippen molar-refractivity contribution in [1.29, 1.82) is 10.5 Å². The molecule has 8 aromatic carbocycles. The van der Waals surface area contributed by atoms with Crippen molar-refractivity contribution in [2.75, 3.05) is 0 Å². The molecule has 0 amide bonds. The highest BCUT2D eigenvalue weighted by Gasteiger charge is 2.32.